The van der Waals surface area contributed by atoms with Gasteiger partial charge >= 0.3 is 0 Å². The lowest BCUT2D eigenvalue weighted by molar-refractivity contribution is 0.475. The number of aromatic hydroxyl groups is 1. The third-order valence-corrected chi connectivity index (χ3v) is 5.63. The van der Waals surface area contributed by atoms with Crippen LogP contribution in [0, 0.1) is 13.8 Å². The third-order valence-electron chi connectivity index (χ3n) is 5.63. The van der Waals surface area contributed by atoms with Gasteiger partial charge in [0.1, 0.15) is 5.75 Å². The Morgan fingerprint density at radius 2 is 1.73 bits per heavy atom. The number of hydrogen-bond acceptors (Lipinski definition) is 2. The van der Waals surface area contributed by atoms with Crippen LogP contribution in [-0.4, -0.2) is 5.11 Å². The Morgan fingerprint density at radius 1 is 0.885 bits per heavy atom. The Balaban J connectivity index is 1.78. The predicted octanol–water partition coefficient (Wildman–Crippen LogP) is 6.01. The van der Waals surface area contributed by atoms with Crippen LogP contribution in [0.1, 0.15) is 39.8 Å². The highest BCUT2D eigenvalue weighted by Crippen LogP contribution is 2.56. The molecule has 5 rings (SSSR count). The van der Waals surface area contributed by atoms with Gasteiger partial charge in [-0.1, -0.05) is 54.1 Å². The highest BCUT2D eigenvalue weighted by molar-refractivity contribution is 5.79. The second-order valence-corrected chi connectivity index (χ2v) is 7.36. The molecule has 0 bridgehead atoms. The normalized spacial score (nSPS) is 19.8. The van der Waals surface area contributed by atoms with Crippen molar-refractivity contribution >= 4 is 17.5 Å². The molecule has 2 atom stereocenters. The molecule has 0 saturated heterocycles. The summed E-state index contributed by atoms with van der Waals surface area (Å²) in [7, 11) is 0. The van der Waals surface area contributed by atoms with Crippen molar-refractivity contribution in [1.29, 1.82) is 0 Å². The van der Waals surface area contributed by atoms with Gasteiger partial charge in [0.15, 0.2) is 0 Å². The number of nitrogens with zero attached hydrogens (tertiary/aromatic N) is 1. The maximum atomic E-state index is 10.1. The van der Waals surface area contributed by atoms with Gasteiger partial charge in [-0.05, 0) is 54.3 Å². The molecule has 128 valence electrons. The van der Waals surface area contributed by atoms with E-state index in [4.69, 9.17) is 0 Å². The van der Waals surface area contributed by atoms with E-state index in [1.54, 1.807) is 6.07 Å². The summed E-state index contributed by atoms with van der Waals surface area (Å²) in [5.74, 6) is 0.623. The molecule has 3 aromatic carbocycles. The van der Waals surface area contributed by atoms with Gasteiger partial charge in [-0.2, -0.15) is 0 Å². The first-order chi connectivity index (χ1) is 12.6. The molecule has 0 amide bonds. The minimum Gasteiger partial charge on any atom is -0.508 e. The van der Waals surface area contributed by atoms with Crippen molar-refractivity contribution < 1.29 is 5.11 Å². The monoisotopic (exact) mass is 339 g/mol. The highest BCUT2D eigenvalue weighted by Gasteiger charge is 2.41. The number of para-hydroxylation sites is 1. The number of phenols is 1. The molecule has 3 aromatic rings. The largest absolute Gasteiger partial charge is 0.508 e. The first-order valence-corrected chi connectivity index (χ1v) is 9.10. The lowest BCUT2D eigenvalue weighted by atomic mass is 9.81. The lowest BCUT2D eigenvalue weighted by Crippen LogP contribution is -2.24. The number of phenolic OH excluding ortho intramolecular Hbond substituents is 1. The van der Waals surface area contributed by atoms with E-state index in [2.05, 4.69) is 73.4 Å². The molecule has 2 aliphatic rings. The molecule has 2 nitrogen and oxygen atoms in total. The summed E-state index contributed by atoms with van der Waals surface area (Å²) >= 11 is 0. The smallest absolute Gasteiger partial charge is 0.117 e. The summed E-state index contributed by atoms with van der Waals surface area (Å²) in [4.78, 5) is 2.39. The van der Waals surface area contributed by atoms with Crippen molar-refractivity contribution in [3.05, 3.63) is 94.6 Å². The van der Waals surface area contributed by atoms with E-state index in [0.717, 1.165) is 5.69 Å². The van der Waals surface area contributed by atoms with E-state index in [0.29, 0.717) is 11.7 Å². The van der Waals surface area contributed by atoms with Crippen molar-refractivity contribution in [2.24, 2.45) is 0 Å². The molecular formula is C24H21NO. The fourth-order valence-electron chi connectivity index (χ4n) is 4.64. The van der Waals surface area contributed by atoms with Gasteiger partial charge in [-0.25, -0.2) is 0 Å². The topological polar surface area (TPSA) is 23.5 Å². The molecule has 1 heterocycles. The SMILES string of the molecule is Cc1cc(C)c2c(c1)C1C(C=C2)c2ccccc2N1c1cccc(O)c1. The maximum Gasteiger partial charge on any atom is 0.117 e. The Labute approximate surface area is 154 Å². The first kappa shape index (κ1) is 15.3. The van der Waals surface area contributed by atoms with Crippen molar-refractivity contribution in [3.8, 4) is 5.75 Å². The molecule has 0 aromatic heterocycles. The van der Waals surface area contributed by atoms with E-state index < -0.39 is 0 Å². The van der Waals surface area contributed by atoms with Crippen molar-refractivity contribution in [1.82, 2.24) is 0 Å². The Bertz CT molecular complexity index is 1050. The van der Waals surface area contributed by atoms with Gasteiger partial charge in [0, 0.05) is 23.4 Å². The van der Waals surface area contributed by atoms with Crippen LogP contribution in [0.3, 0.4) is 0 Å². The van der Waals surface area contributed by atoms with Crippen LogP contribution in [-0.2, 0) is 0 Å². The van der Waals surface area contributed by atoms with Crippen LogP contribution in [0.25, 0.3) is 6.08 Å². The second-order valence-electron chi connectivity index (χ2n) is 7.36. The maximum absolute atomic E-state index is 10.1. The summed E-state index contributed by atoms with van der Waals surface area (Å²) in [6.07, 6.45) is 4.63. The van der Waals surface area contributed by atoms with Gasteiger partial charge < -0.3 is 10.0 Å². The minimum atomic E-state index is 0.216. The summed E-state index contributed by atoms with van der Waals surface area (Å²) in [5.41, 5.74) is 8.92. The molecule has 1 aliphatic heterocycles. The molecule has 0 fully saturated rings. The van der Waals surface area contributed by atoms with Gasteiger partial charge in [0.25, 0.3) is 0 Å². The molecule has 0 saturated carbocycles. The van der Waals surface area contributed by atoms with Crippen LogP contribution in [0.15, 0.2) is 66.7 Å². The van der Waals surface area contributed by atoms with Gasteiger partial charge in [0.05, 0.1) is 6.04 Å². The van der Waals surface area contributed by atoms with Crippen molar-refractivity contribution in [2.45, 2.75) is 25.8 Å². The average Bonchev–Trinajstić information content (AvgIpc) is 2.96. The average molecular weight is 339 g/mol. The molecular weight excluding hydrogens is 318 g/mol. The Kier molecular flexibility index (Phi) is 3.23. The number of hydrogen-bond donors (Lipinski definition) is 1. The second kappa shape index (κ2) is 5.50. The molecule has 0 spiro atoms. The number of fused-ring (bicyclic) bond motifs is 5. The molecule has 0 radical (unpaired) electrons. The van der Waals surface area contributed by atoms with E-state index in [1.165, 1.54) is 33.5 Å². The van der Waals surface area contributed by atoms with Crippen LogP contribution >= 0.6 is 0 Å². The number of aryl methyl sites for hydroxylation is 2. The van der Waals surface area contributed by atoms with E-state index in [9.17, 15) is 5.11 Å². The zero-order valence-corrected chi connectivity index (χ0v) is 15.0. The standard InChI is InChI=1S/C24H21NO/c1-15-12-16(2)19-10-11-21-20-8-3-4-9-23(20)25(24(21)22(19)13-15)17-6-5-7-18(26)14-17/h3-14,21,24,26H,1-2H3. The predicted molar refractivity (Wildman–Crippen MR) is 107 cm³/mol. The molecule has 1 N–H and O–H groups in total. The minimum absolute atomic E-state index is 0.216. The Hall–Kier alpha value is -3.00. The summed E-state index contributed by atoms with van der Waals surface area (Å²) in [6.45, 7) is 4.36. The van der Waals surface area contributed by atoms with Crippen LogP contribution in [0.5, 0.6) is 5.75 Å². The number of rotatable bonds is 1. The molecule has 2 heteroatoms. The van der Waals surface area contributed by atoms with Gasteiger partial charge in [-0.15, -0.1) is 0 Å². The number of benzene rings is 3. The quantitative estimate of drug-likeness (QED) is 0.586. The molecule has 26 heavy (non-hydrogen) atoms. The molecule has 2 unspecified atom stereocenters. The summed E-state index contributed by atoms with van der Waals surface area (Å²) in [5, 5.41) is 10.1. The Morgan fingerprint density at radius 3 is 2.58 bits per heavy atom. The van der Waals surface area contributed by atoms with Crippen LogP contribution < -0.4 is 4.90 Å². The first-order valence-electron chi connectivity index (χ1n) is 9.10. The van der Waals surface area contributed by atoms with Crippen molar-refractivity contribution in [2.75, 3.05) is 4.90 Å². The third kappa shape index (κ3) is 2.12. The number of anilines is 2. The van der Waals surface area contributed by atoms with Crippen LogP contribution in [0.2, 0.25) is 0 Å². The lowest BCUT2D eigenvalue weighted by Gasteiger charge is -2.34. The molecule has 1 aliphatic carbocycles. The zero-order valence-electron chi connectivity index (χ0n) is 15.0. The summed E-state index contributed by atoms with van der Waals surface area (Å²) < 4.78 is 0. The fraction of sp³-hybridized carbons (Fsp3) is 0.167. The van der Waals surface area contributed by atoms with E-state index in [1.807, 2.05) is 12.1 Å². The van der Waals surface area contributed by atoms with Crippen LogP contribution in [0.4, 0.5) is 11.4 Å². The highest BCUT2D eigenvalue weighted by atomic mass is 16.3. The van der Waals surface area contributed by atoms with Gasteiger partial charge in [0.2, 0.25) is 0 Å². The summed E-state index contributed by atoms with van der Waals surface area (Å²) in [6, 6.07) is 21.0. The zero-order chi connectivity index (χ0) is 17.8. The van der Waals surface area contributed by atoms with Gasteiger partial charge in [-0.3, -0.25) is 0 Å². The van der Waals surface area contributed by atoms with E-state index >= 15 is 0 Å². The van der Waals surface area contributed by atoms with E-state index in [-0.39, 0.29) is 6.04 Å². The van der Waals surface area contributed by atoms with Crippen molar-refractivity contribution in [3.63, 3.8) is 0 Å². The fourth-order valence-corrected chi connectivity index (χ4v) is 4.64.